The van der Waals surface area contributed by atoms with Crippen LogP contribution in [-0.4, -0.2) is 32.4 Å². The van der Waals surface area contributed by atoms with Crippen LogP contribution in [0.3, 0.4) is 0 Å². The van der Waals surface area contributed by atoms with E-state index >= 15 is 0 Å². The molecule has 0 aliphatic rings. The van der Waals surface area contributed by atoms with Crippen LogP contribution in [0.1, 0.15) is 28.2 Å². The molecule has 35 heavy (non-hydrogen) atoms. The van der Waals surface area contributed by atoms with Gasteiger partial charge in [-0.1, -0.05) is 66.0 Å². The number of H-pyrrole nitrogens is 2. The maximum Gasteiger partial charge on any atom is 0.257 e. The standard InChI is InChI=1S/C24H24N6O3S2/c1-34-23-27-19(25)17(21(31)29-23)16(18-20(26)28-24(35-2)30-22(18)32)14-8-10-15(11-9-14)33-12-13-6-4-3-5-7-13/h3-11,16H,12H2,1-2H3,(H3,25,27,29,31)(H3,26,28,30,32). The zero-order valence-electron chi connectivity index (χ0n) is 19.1. The molecule has 0 saturated heterocycles. The summed E-state index contributed by atoms with van der Waals surface area (Å²) in [6.45, 7) is 0.406. The molecule has 2 aromatic heterocycles. The second kappa shape index (κ2) is 10.7. The molecule has 0 fully saturated rings. The van der Waals surface area contributed by atoms with E-state index in [9.17, 15) is 9.59 Å². The fourth-order valence-corrected chi connectivity index (χ4v) is 4.45. The minimum absolute atomic E-state index is 0.0141. The van der Waals surface area contributed by atoms with Crippen molar-refractivity contribution in [3.63, 3.8) is 0 Å². The summed E-state index contributed by atoms with van der Waals surface area (Å²) in [5.74, 6) is -0.232. The van der Waals surface area contributed by atoms with Crippen molar-refractivity contribution in [2.24, 2.45) is 0 Å². The number of nitrogen functional groups attached to an aromatic ring is 2. The van der Waals surface area contributed by atoms with Crippen molar-refractivity contribution in [3.05, 3.63) is 97.6 Å². The Labute approximate surface area is 209 Å². The molecule has 0 unspecified atom stereocenters. The first-order valence-electron chi connectivity index (χ1n) is 10.5. The van der Waals surface area contributed by atoms with Crippen LogP contribution in [0.25, 0.3) is 0 Å². The van der Waals surface area contributed by atoms with Gasteiger partial charge < -0.3 is 26.2 Å². The predicted octanol–water partition coefficient (Wildman–Crippen LogP) is 3.22. The van der Waals surface area contributed by atoms with Gasteiger partial charge in [0, 0.05) is 0 Å². The summed E-state index contributed by atoms with van der Waals surface area (Å²) in [7, 11) is 0. The van der Waals surface area contributed by atoms with Gasteiger partial charge in [-0.05, 0) is 35.8 Å². The lowest BCUT2D eigenvalue weighted by Crippen LogP contribution is -2.28. The van der Waals surface area contributed by atoms with Crippen LogP contribution in [0.15, 0.2) is 74.5 Å². The SMILES string of the molecule is CSc1nc(N)c(C(c2ccc(OCc3ccccc3)cc2)c2c(N)nc(SC)[nH]c2=O)c(=O)[nH]1. The summed E-state index contributed by atoms with van der Waals surface area (Å²) in [5, 5.41) is 0.745. The fourth-order valence-electron chi connectivity index (χ4n) is 3.68. The van der Waals surface area contributed by atoms with Gasteiger partial charge in [-0.3, -0.25) is 9.59 Å². The van der Waals surface area contributed by atoms with Crippen LogP contribution < -0.4 is 27.3 Å². The first-order chi connectivity index (χ1) is 16.9. The fraction of sp³-hybridized carbons (Fsp3) is 0.167. The third-order valence-corrected chi connectivity index (χ3v) is 6.51. The summed E-state index contributed by atoms with van der Waals surface area (Å²) in [5.41, 5.74) is 13.4. The molecule has 180 valence electrons. The number of anilines is 2. The lowest BCUT2D eigenvalue weighted by atomic mass is 9.86. The average molecular weight is 509 g/mol. The number of nitrogens with zero attached hydrogens (tertiary/aromatic N) is 2. The Bertz CT molecular complexity index is 1370. The van der Waals surface area contributed by atoms with Gasteiger partial charge >= 0.3 is 0 Å². The average Bonchev–Trinajstić information content (AvgIpc) is 2.86. The van der Waals surface area contributed by atoms with Crippen LogP contribution in [0.4, 0.5) is 11.6 Å². The number of hydrogen-bond donors (Lipinski definition) is 4. The van der Waals surface area contributed by atoms with Crippen LogP contribution in [0, 0.1) is 0 Å². The molecule has 0 atom stereocenters. The van der Waals surface area contributed by atoms with E-state index in [2.05, 4.69) is 19.9 Å². The lowest BCUT2D eigenvalue weighted by Gasteiger charge is -2.20. The molecule has 0 saturated carbocycles. The molecule has 11 heteroatoms. The smallest absolute Gasteiger partial charge is 0.257 e. The van der Waals surface area contributed by atoms with Crippen LogP contribution in [-0.2, 0) is 6.61 Å². The van der Waals surface area contributed by atoms with Crippen LogP contribution >= 0.6 is 23.5 Å². The molecule has 9 nitrogen and oxygen atoms in total. The second-order valence-electron chi connectivity index (χ2n) is 7.52. The number of rotatable bonds is 8. The van der Waals surface area contributed by atoms with E-state index in [1.807, 2.05) is 30.3 Å². The minimum atomic E-state index is -0.891. The Hall–Kier alpha value is -3.70. The summed E-state index contributed by atoms with van der Waals surface area (Å²) >= 11 is 2.51. The number of hydrogen-bond acceptors (Lipinski definition) is 9. The zero-order chi connectivity index (χ0) is 24.9. The molecule has 0 aliphatic heterocycles. The molecule has 2 aromatic carbocycles. The predicted molar refractivity (Wildman–Crippen MR) is 140 cm³/mol. The van der Waals surface area contributed by atoms with Crippen molar-refractivity contribution >= 4 is 35.2 Å². The van der Waals surface area contributed by atoms with E-state index in [0.29, 0.717) is 28.2 Å². The maximum absolute atomic E-state index is 13.1. The third-order valence-electron chi connectivity index (χ3n) is 5.35. The number of aromatic nitrogens is 4. The van der Waals surface area contributed by atoms with E-state index in [4.69, 9.17) is 16.2 Å². The van der Waals surface area contributed by atoms with Crippen LogP contribution in [0.5, 0.6) is 5.75 Å². The van der Waals surface area contributed by atoms with Crippen molar-refractivity contribution in [2.45, 2.75) is 22.8 Å². The highest BCUT2D eigenvalue weighted by Gasteiger charge is 2.29. The summed E-state index contributed by atoms with van der Waals surface area (Å²) in [4.78, 5) is 40.2. The van der Waals surface area contributed by atoms with Gasteiger partial charge in [0.2, 0.25) is 0 Å². The maximum atomic E-state index is 13.1. The Balaban J connectivity index is 1.79. The quantitative estimate of drug-likeness (QED) is 0.207. The van der Waals surface area contributed by atoms with E-state index in [1.54, 1.807) is 36.8 Å². The van der Waals surface area contributed by atoms with Crippen molar-refractivity contribution < 1.29 is 4.74 Å². The van der Waals surface area contributed by atoms with E-state index in [0.717, 1.165) is 5.56 Å². The van der Waals surface area contributed by atoms with E-state index < -0.39 is 17.0 Å². The Kier molecular flexibility index (Phi) is 7.47. The minimum Gasteiger partial charge on any atom is -0.489 e. The number of aromatic amines is 2. The second-order valence-corrected chi connectivity index (χ2v) is 9.11. The number of nitrogens with one attached hydrogen (secondary N) is 2. The molecule has 6 N–H and O–H groups in total. The van der Waals surface area contributed by atoms with Crippen LogP contribution in [0.2, 0.25) is 0 Å². The molecular weight excluding hydrogens is 484 g/mol. The zero-order valence-corrected chi connectivity index (χ0v) is 20.7. The first kappa shape index (κ1) is 24.4. The highest BCUT2D eigenvalue weighted by Crippen LogP contribution is 2.34. The Morgan fingerprint density at radius 1 is 0.829 bits per heavy atom. The van der Waals surface area contributed by atoms with Crippen molar-refractivity contribution in [1.29, 1.82) is 0 Å². The molecule has 2 heterocycles. The van der Waals surface area contributed by atoms with Gasteiger partial charge in [-0.15, -0.1) is 0 Å². The van der Waals surface area contributed by atoms with Gasteiger partial charge in [0.1, 0.15) is 24.0 Å². The largest absolute Gasteiger partial charge is 0.489 e. The monoisotopic (exact) mass is 508 g/mol. The molecule has 0 amide bonds. The molecule has 4 aromatic rings. The molecule has 0 spiro atoms. The molecule has 0 aliphatic carbocycles. The Morgan fingerprint density at radius 2 is 1.34 bits per heavy atom. The summed E-state index contributed by atoms with van der Waals surface area (Å²) < 4.78 is 5.88. The number of benzene rings is 2. The normalized spacial score (nSPS) is 11.1. The molecule has 0 radical (unpaired) electrons. The Morgan fingerprint density at radius 3 is 1.80 bits per heavy atom. The summed E-state index contributed by atoms with van der Waals surface area (Å²) in [6, 6.07) is 16.9. The van der Waals surface area contributed by atoms with Gasteiger partial charge in [-0.2, -0.15) is 0 Å². The number of nitrogens with two attached hydrogens (primary N) is 2. The number of ether oxygens (including phenoxy) is 1. The molecule has 0 bridgehead atoms. The van der Waals surface area contributed by atoms with Gasteiger partial charge in [-0.25, -0.2) is 9.97 Å². The van der Waals surface area contributed by atoms with Gasteiger partial charge in [0.05, 0.1) is 17.0 Å². The van der Waals surface area contributed by atoms with Crippen molar-refractivity contribution in [1.82, 2.24) is 19.9 Å². The van der Waals surface area contributed by atoms with E-state index in [-0.39, 0.29) is 22.8 Å². The third kappa shape index (κ3) is 5.36. The van der Waals surface area contributed by atoms with Crippen molar-refractivity contribution in [3.8, 4) is 5.75 Å². The van der Waals surface area contributed by atoms with Gasteiger partial charge in [0.15, 0.2) is 10.3 Å². The van der Waals surface area contributed by atoms with Crippen molar-refractivity contribution in [2.75, 3.05) is 24.0 Å². The molecular formula is C24H24N6O3S2. The highest BCUT2D eigenvalue weighted by molar-refractivity contribution is 7.98. The van der Waals surface area contributed by atoms with E-state index in [1.165, 1.54) is 23.5 Å². The highest BCUT2D eigenvalue weighted by atomic mass is 32.2. The summed E-state index contributed by atoms with van der Waals surface area (Å²) in [6.07, 6.45) is 3.55. The van der Waals surface area contributed by atoms with Gasteiger partial charge in [0.25, 0.3) is 11.1 Å². The molecule has 4 rings (SSSR count). The lowest BCUT2D eigenvalue weighted by molar-refractivity contribution is 0.306. The number of thioether (sulfide) groups is 2. The topological polar surface area (TPSA) is 153 Å². The first-order valence-corrected chi connectivity index (χ1v) is 13.0.